The van der Waals surface area contributed by atoms with Gasteiger partial charge in [-0.3, -0.25) is 14.3 Å². The van der Waals surface area contributed by atoms with Crippen LogP contribution in [0.5, 0.6) is 0 Å². The molecule has 0 aliphatic heterocycles. The highest BCUT2D eigenvalue weighted by molar-refractivity contribution is 7.13. The van der Waals surface area contributed by atoms with Gasteiger partial charge in [-0.25, -0.2) is 9.79 Å². The predicted molar refractivity (Wildman–Crippen MR) is 100 cm³/mol. The Morgan fingerprint density at radius 2 is 2.12 bits per heavy atom. The highest BCUT2D eigenvalue weighted by atomic mass is 32.1. The Morgan fingerprint density at radius 3 is 2.75 bits per heavy atom. The third-order valence-corrected chi connectivity index (χ3v) is 4.38. The summed E-state index contributed by atoms with van der Waals surface area (Å²) in [5.41, 5.74) is -0.660. The maximum atomic E-state index is 12.4. The number of aryl methyl sites for hydroxylation is 1. The summed E-state index contributed by atoms with van der Waals surface area (Å²) in [6.45, 7) is 3.57. The fourth-order valence-electron chi connectivity index (χ4n) is 2.12. The maximum Gasteiger partial charge on any atom is 0.329 e. The van der Waals surface area contributed by atoms with Crippen molar-refractivity contribution in [1.82, 2.24) is 14.5 Å². The zero-order valence-electron chi connectivity index (χ0n) is 14.4. The molecule has 2 aromatic rings. The number of aromatic nitrogens is 2. The lowest BCUT2D eigenvalue weighted by Crippen LogP contribution is -2.33. The Morgan fingerprint density at radius 1 is 1.38 bits per heavy atom. The fourth-order valence-corrected chi connectivity index (χ4v) is 2.86. The molecule has 0 aliphatic rings. The van der Waals surface area contributed by atoms with E-state index in [2.05, 4.69) is 20.2 Å². The molecule has 0 amide bonds. The number of aliphatic imine (C=N–C) groups is 1. The highest BCUT2D eigenvalue weighted by Crippen LogP contribution is 2.18. The summed E-state index contributed by atoms with van der Waals surface area (Å²) in [5.74, 6) is 0.367. The molecule has 0 aliphatic carbocycles. The quantitative estimate of drug-likeness (QED) is 0.587. The lowest BCUT2D eigenvalue weighted by atomic mass is 10.3. The van der Waals surface area contributed by atoms with Crippen LogP contribution < -0.4 is 16.6 Å². The molecule has 2 rings (SSSR count). The van der Waals surface area contributed by atoms with Crippen molar-refractivity contribution in [3.05, 3.63) is 42.7 Å². The van der Waals surface area contributed by atoms with Crippen molar-refractivity contribution in [2.75, 3.05) is 32.5 Å². The molecule has 0 atom stereocenters. The van der Waals surface area contributed by atoms with E-state index in [4.69, 9.17) is 0 Å². The number of aromatic amines is 1. The molecule has 0 unspecified atom stereocenters. The van der Waals surface area contributed by atoms with Crippen LogP contribution in [0.15, 0.2) is 26.7 Å². The first-order valence-electron chi connectivity index (χ1n) is 7.71. The molecule has 24 heavy (non-hydrogen) atoms. The van der Waals surface area contributed by atoms with Crippen LogP contribution in [0.4, 0.5) is 11.5 Å². The Hall–Kier alpha value is -2.19. The van der Waals surface area contributed by atoms with Crippen LogP contribution in [0, 0.1) is 6.92 Å². The van der Waals surface area contributed by atoms with Crippen molar-refractivity contribution in [1.29, 1.82) is 0 Å². The number of nitrogens with zero attached hydrogens (tertiary/aromatic N) is 3. The second-order valence-corrected chi connectivity index (χ2v) is 7.13. The Bertz CT molecular complexity index is 832. The van der Waals surface area contributed by atoms with Crippen LogP contribution in [0.2, 0.25) is 0 Å². The van der Waals surface area contributed by atoms with Crippen molar-refractivity contribution >= 4 is 29.1 Å². The minimum absolute atomic E-state index is 0.216. The Balaban J connectivity index is 2.26. The molecule has 2 heterocycles. The summed E-state index contributed by atoms with van der Waals surface area (Å²) in [5, 5.41) is 3.11. The Kier molecular flexibility index (Phi) is 6.10. The van der Waals surface area contributed by atoms with Gasteiger partial charge in [-0.2, -0.15) is 0 Å². The number of rotatable bonds is 7. The average Bonchev–Trinajstić information content (AvgIpc) is 2.94. The summed E-state index contributed by atoms with van der Waals surface area (Å²) in [4.78, 5) is 35.4. The molecule has 2 N–H and O–H groups in total. The van der Waals surface area contributed by atoms with E-state index in [1.807, 2.05) is 33.2 Å². The van der Waals surface area contributed by atoms with Crippen molar-refractivity contribution in [3.8, 4) is 0 Å². The zero-order valence-corrected chi connectivity index (χ0v) is 15.2. The van der Waals surface area contributed by atoms with E-state index in [1.54, 1.807) is 17.6 Å². The first-order chi connectivity index (χ1) is 11.4. The van der Waals surface area contributed by atoms with E-state index < -0.39 is 11.2 Å². The molecule has 0 aromatic carbocycles. The maximum absolute atomic E-state index is 12.4. The van der Waals surface area contributed by atoms with Crippen LogP contribution in [-0.4, -0.2) is 47.9 Å². The smallest absolute Gasteiger partial charge is 0.329 e. The summed E-state index contributed by atoms with van der Waals surface area (Å²) in [6.07, 6.45) is 2.54. The molecular weight excluding hydrogens is 326 g/mol. The third kappa shape index (κ3) is 4.65. The van der Waals surface area contributed by atoms with Gasteiger partial charge in [-0.15, -0.1) is 11.3 Å². The van der Waals surface area contributed by atoms with Gasteiger partial charge < -0.3 is 10.2 Å². The number of hydrogen-bond acceptors (Lipinski definition) is 6. The number of thiophene rings is 1. The van der Waals surface area contributed by atoms with E-state index >= 15 is 0 Å². The van der Waals surface area contributed by atoms with Crippen molar-refractivity contribution in [2.24, 2.45) is 12.0 Å². The zero-order chi connectivity index (χ0) is 17.7. The summed E-state index contributed by atoms with van der Waals surface area (Å²) >= 11 is 1.59. The molecule has 2 aromatic heterocycles. The number of hydrogen-bond donors (Lipinski definition) is 2. The van der Waals surface area contributed by atoms with Gasteiger partial charge in [0, 0.05) is 29.6 Å². The SMILES string of the molecule is Cc1ccc(C=Nc2c(NCCCN(C)C)[nH]c(=O)n(C)c2=O)s1. The van der Waals surface area contributed by atoms with Crippen LogP contribution >= 0.6 is 11.3 Å². The van der Waals surface area contributed by atoms with Gasteiger partial charge in [0.05, 0.1) is 0 Å². The normalized spacial score (nSPS) is 11.5. The van der Waals surface area contributed by atoms with Crippen LogP contribution in [0.3, 0.4) is 0 Å². The molecule has 7 nitrogen and oxygen atoms in total. The summed E-state index contributed by atoms with van der Waals surface area (Å²) in [6, 6.07) is 3.95. The lowest BCUT2D eigenvalue weighted by Gasteiger charge is -2.12. The standard InChI is InChI=1S/C16H23N5O2S/c1-11-6-7-12(24-11)10-18-13-14(17-8-5-9-20(2)3)19-16(23)21(4)15(13)22/h6-7,10,17H,5,8-9H2,1-4H3,(H,19,23). The Labute approximate surface area is 144 Å². The minimum atomic E-state index is -0.457. The first-order valence-corrected chi connectivity index (χ1v) is 8.52. The molecule has 0 spiro atoms. The van der Waals surface area contributed by atoms with Gasteiger partial charge in [0.15, 0.2) is 5.69 Å². The van der Waals surface area contributed by atoms with Crippen LogP contribution in [-0.2, 0) is 7.05 Å². The summed E-state index contributed by atoms with van der Waals surface area (Å²) < 4.78 is 1.03. The molecule has 0 saturated heterocycles. The van der Waals surface area contributed by atoms with Crippen molar-refractivity contribution in [2.45, 2.75) is 13.3 Å². The van der Waals surface area contributed by atoms with E-state index in [1.165, 1.54) is 11.9 Å². The van der Waals surface area contributed by atoms with Crippen LogP contribution in [0.25, 0.3) is 0 Å². The van der Waals surface area contributed by atoms with Crippen molar-refractivity contribution < 1.29 is 0 Å². The van der Waals surface area contributed by atoms with E-state index in [9.17, 15) is 9.59 Å². The number of anilines is 1. The highest BCUT2D eigenvalue weighted by Gasteiger charge is 2.11. The number of nitrogens with one attached hydrogen (secondary N) is 2. The van der Waals surface area contributed by atoms with Gasteiger partial charge in [0.1, 0.15) is 5.82 Å². The van der Waals surface area contributed by atoms with E-state index in [0.717, 1.165) is 22.4 Å². The number of H-pyrrole nitrogens is 1. The monoisotopic (exact) mass is 349 g/mol. The molecule has 0 bridgehead atoms. The second kappa shape index (κ2) is 8.07. The molecule has 8 heteroatoms. The van der Waals surface area contributed by atoms with Gasteiger partial charge in [-0.1, -0.05) is 0 Å². The van der Waals surface area contributed by atoms with E-state index in [0.29, 0.717) is 12.4 Å². The second-order valence-electron chi connectivity index (χ2n) is 5.81. The molecule has 0 saturated carbocycles. The molecular formula is C16H23N5O2S. The average molecular weight is 349 g/mol. The fraction of sp³-hybridized carbons (Fsp3) is 0.438. The van der Waals surface area contributed by atoms with Gasteiger partial charge in [0.25, 0.3) is 5.56 Å². The topological polar surface area (TPSA) is 82.5 Å². The molecule has 130 valence electrons. The predicted octanol–water partition coefficient (Wildman–Crippen LogP) is 1.56. The minimum Gasteiger partial charge on any atom is -0.370 e. The van der Waals surface area contributed by atoms with Gasteiger partial charge >= 0.3 is 5.69 Å². The van der Waals surface area contributed by atoms with Gasteiger partial charge in [-0.05, 0) is 46.1 Å². The first kappa shape index (κ1) is 18.2. The van der Waals surface area contributed by atoms with Crippen molar-refractivity contribution in [3.63, 3.8) is 0 Å². The lowest BCUT2D eigenvalue weighted by molar-refractivity contribution is 0.405. The molecule has 0 radical (unpaired) electrons. The summed E-state index contributed by atoms with van der Waals surface area (Å²) in [7, 11) is 5.43. The largest absolute Gasteiger partial charge is 0.370 e. The van der Waals surface area contributed by atoms with Crippen LogP contribution in [0.1, 0.15) is 16.2 Å². The van der Waals surface area contributed by atoms with E-state index in [-0.39, 0.29) is 5.69 Å². The van der Waals surface area contributed by atoms with Gasteiger partial charge in [0.2, 0.25) is 0 Å². The molecule has 0 fully saturated rings. The third-order valence-electron chi connectivity index (χ3n) is 3.45.